The van der Waals surface area contributed by atoms with Crippen LogP contribution in [0.5, 0.6) is 11.5 Å². The van der Waals surface area contributed by atoms with E-state index in [0.717, 1.165) is 23.1 Å². The predicted molar refractivity (Wildman–Crippen MR) is 127 cm³/mol. The van der Waals surface area contributed by atoms with Gasteiger partial charge in [-0.15, -0.1) is 11.6 Å². The third-order valence-electron chi connectivity index (χ3n) is 5.18. The minimum Gasteiger partial charge on any atom is -0.493 e. The molecule has 1 saturated heterocycles. The molecule has 1 aliphatic rings. The largest absolute Gasteiger partial charge is 0.493 e. The first-order chi connectivity index (χ1) is 14.7. The van der Waals surface area contributed by atoms with Crippen molar-refractivity contribution in [3.63, 3.8) is 0 Å². The number of rotatable bonds is 9. The van der Waals surface area contributed by atoms with E-state index in [1.54, 1.807) is 0 Å². The van der Waals surface area contributed by atoms with Gasteiger partial charge in [0.25, 0.3) is 0 Å². The van der Waals surface area contributed by atoms with Crippen LogP contribution in [0.15, 0.2) is 36.4 Å². The number of hydrogen-bond acceptors (Lipinski definition) is 6. The number of carbonyl (C=O) groups excluding carboxylic acids is 1. The molecule has 0 amide bonds. The summed E-state index contributed by atoms with van der Waals surface area (Å²) in [6.07, 6.45) is -0.799. The first kappa shape index (κ1) is 24.5. The Morgan fingerprint density at radius 3 is 2.35 bits per heavy atom. The van der Waals surface area contributed by atoms with Crippen molar-refractivity contribution in [3.05, 3.63) is 57.6 Å². The van der Waals surface area contributed by atoms with Gasteiger partial charge < -0.3 is 14.6 Å². The molecule has 168 valence electrons. The van der Waals surface area contributed by atoms with Crippen molar-refractivity contribution in [1.82, 2.24) is 4.72 Å². The van der Waals surface area contributed by atoms with Crippen LogP contribution in [-0.4, -0.2) is 42.0 Å². The number of carbonyl (C=O) groups is 1. The van der Waals surface area contributed by atoms with E-state index in [2.05, 4.69) is 18.6 Å². The van der Waals surface area contributed by atoms with E-state index in [-0.39, 0.29) is 28.9 Å². The van der Waals surface area contributed by atoms with Gasteiger partial charge in [0.1, 0.15) is 25.1 Å². The molecule has 1 fully saturated rings. The Kier molecular flexibility index (Phi) is 8.41. The standard InChI is InChI=1S/C22H24Cl3NO4S/c1-22(2,15-7-18(24)20(19(25)8-15)30-12-16(27)9-23)14-3-5-17(6-4-14)29-11-13-10-26-31-21(13)28/h3-8,13,16,26-27H,9-12H2,1-2H3. The maximum Gasteiger partial charge on any atom is 0.211 e. The molecule has 2 unspecified atom stereocenters. The Morgan fingerprint density at radius 1 is 1.16 bits per heavy atom. The average molecular weight is 505 g/mol. The van der Waals surface area contributed by atoms with E-state index in [0.29, 0.717) is 34.7 Å². The normalized spacial score (nSPS) is 17.6. The van der Waals surface area contributed by atoms with Crippen molar-refractivity contribution in [3.8, 4) is 11.5 Å². The van der Waals surface area contributed by atoms with Crippen LogP contribution >= 0.6 is 46.8 Å². The highest BCUT2D eigenvalue weighted by Crippen LogP contribution is 2.40. The zero-order chi connectivity index (χ0) is 22.6. The lowest BCUT2D eigenvalue weighted by Gasteiger charge is -2.27. The van der Waals surface area contributed by atoms with Crippen molar-refractivity contribution in [1.29, 1.82) is 0 Å². The molecule has 1 aliphatic heterocycles. The van der Waals surface area contributed by atoms with Gasteiger partial charge in [-0.1, -0.05) is 49.2 Å². The zero-order valence-electron chi connectivity index (χ0n) is 17.2. The lowest BCUT2D eigenvalue weighted by atomic mass is 9.78. The molecular weight excluding hydrogens is 481 g/mol. The molecule has 2 N–H and O–H groups in total. The zero-order valence-corrected chi connectivity index (χ0v) is 20.2. The van der Waals surface area contributed by atoms with E-state index in [9.17, 15) is 9.90 Å². The van der Waals surface area contributed by atoms with Crippen molar-refractivity contribution in [2.75, 3.05) is 25.6 Å². The summed E-state index contributed by atoms with van der Waals surface area (Å²) in [7, 11) is 0. The van der Waals surface area contributed by atoms with Gasteiger partial charge >= 0.3 is 0 Å². The molecule has 0 aromatic heterocycles. The monoisotopic (exact) mass is 503 g/mol. The second-order valence-electron chi connectivity index (χ2n) is 7.82. The van der Waals surface area contributed by atoms with E-state index < -0.39 is 6.10 Å². The number of alkyl halides is 1. The number of nitrogens with one attached hydrogen (secondary N) is 1. The average Bonchev–Trinajstić information content (AvgIpc) is 3.16. The number of halogens is 3. The Balaban J connectivity index is 1.72. The van der Waals surface area contributed by atoms with Crippen molar-refractivity contribution >= 4 is 51.9 Å². The van der Waals surface area contributed by atoms with Gasteiger partial charge in [0, 0.05) is 12.0 Å². The van der Waals surface area contributed by atoms with E-state index in [4.69, 9.17) is 44.3 Å². The maximum absolute atomic E-state index is 11.7. The van der Waals surface area contributed by atoms with E-state index >= 15 is 0 Å². The highest BCUT2D eigenvalue weighted by molar-refractivity contribution is 8.12. The molecule has 0 saturated carbocycles. The minimum atomic E-state index is -0.799. The number of benzene rings is 2. The first-order valence-corrected chi connectivity index (χ1v) is 11.9. The Labute approximate surface area is 201 Å². The van der Waals surface area contributed by atoms with Crippen molar-refractivity contribution in [2.24, 2.45) is 5.92 Å². The fourth-order valence-corrected chi connectivity index (χ4v) is 4.55. The topological polar surface area (TPSA) is 67.8 Å². The molecule has 0 radical (unpaired) electrons. The van der Waals surface area contributed by atoms with Crippen LogP contribution in [0.3, 0.4) is 0 Å². The smallest absolute Gasteiger partial charge is 0.211 e. The second kappa shape index (κ2) is 10.6. The fraction of sp³-hybridized carbons (Fsp3) is 0.409. The third kappa shape index (κ3) is 6.01. The Morgan fingerprint density at radius 2 is 1.81 bits per heavy atom. The van der Waals surface area contributed by atoms with Gasteiger partial charge in [-0.05, 0) is 47.3 Å². The molecule has 3 rings (SSSR count). The third-order valence-corrected chi connectivity index (χ3v) is 6.94. The molecular formula is C22H24Cl3NO4S. The quantitative estimate of drug-likeness (QED) is 0.367. The summed E-state index contributed by atoms with van der Waals surface area (Å²) in [6, 6.07) is 11.4. The molecule has 0 aliphatic carbocycles. The first-order valence-electron chi connectivity index (χ1n) is 9.75. The van der Waals surface area contributed by atoms with Crippen LogP contribution in [-0.2, 0) is 10.2 Å². The van der Waals surface area contributed by atoms with Gasteiger partial charge in [-0.25, -0.2) is 0 Å². The van der Waals surface area contributed by atoms with E-state index in [1.807, 2.05) is 36.4 Å². The molecule has 0 spiro atoms. The molecule has 31 heavy (non-hydrogen) atoms. The number of aliphatic hydroxyl groups is 1. The molecule has 2 atom stereocenters. The lowest BCUT2D eigenvalue weighted by molar-refractivity contribution is -0.114. The fourth-order valence-electron chi connectivity index (χ4n) is 3.12. The summed E-state index contributed by atoms with van der Waals surface area (Å²) in [5.74, 6) is 0.968. The van der Waals surface area contributed by atoms with Gasteiger partial charge in [0.15, 0.2) is 5.75 Å². The summed E-state index contributed by atoms with van der Waals surface area (Å²) in [6.45, 7) is 5.13. The Hall–Kier alpha value is -1.15. The van der Waals surface area contributed by atoms with Crippen molar-refractivity contribution in [2.45, 2.75) is 25.4 Å². The SMILES string of the molecule is CC(C)(c1ccc(OCC2CNSC2=O)cc1)c1cc(Cl)c(OCC(O)CCl)c(Cl)c1. The minimum absolute atomic E-state index is 0.00828. The maximum atomic E-state index is 11.7. The molecule has 5 nitrogen and oxygen atoms in total. The molecule has 2 aromatic rings. The highest BCUT2D eigenvalue weighted by atomic mass is 35.5. The number of aliphatic hydroxyl groups excluding tert-OH is 1. The number of hydrogen-bond donors (Lipinski definition) is 2. The lowest BCUT2D eigenvalue weighted by Crippen LogP contribution is -2.21. The van der Waals surface area contributed by atoms with Crippen LogP contribution in [0.25, 0.3) is 0 Å². The van der Waals surface area contributed by atoms with Crippen molar-refractivity contribution < 1.29 is 19.4 Å². The summed E-state index contributed by atoms with van der Waals surface area (Å²) in [5, 5.41) is 10.4. The van der Waals surface area contributed by atoms with Gasteiger partial charge in [0.05, 0.1) is 21.8 Å². The highest BCUT2D eigenvalue weighted by Gasteiger charge is 2.27. The molecule has 1 heterocycles. The van der Waals surface area contributed by atoms with Crippen LogP contribution in [0, 0.1) is 5.92 Å². The molecule has 9 heteroatoms. The molecule has 2 aromatic carbocycles. The van der Waals surface area contributed by atoms with Gasteiger partial charge in [-0.3, -0.25) is 9.52 Å². The summed E-state index contributed by atoms with van der Waals surface area (Å²) in [5.41, 5.74) is 1.58. The summed E-state index contributed by atoms with van der Waals surface area (Å²) >= 11 is 19.6. The van der Waals surface area contributed by atoms with Gasteiger partial charge in [0.2, 0.25) is 5.12 Å². The summed E-state index contributed by atoms with van der Waals surface area (Å²) < 4.78 is 14.3. The van der Waals surface area contributed by atoms with Gasteiger partial charge in [-0.2, -0.15) is 0 Å². The second-order valence-corrected chi connectivity index (χ2v) is 9.83. The van der Waals surface area contributed by atoms with E-state index in [1.165, 1.54) is 0 Å². The van der Waals surface area contributed by atoms with Crippen LogP contribution in [0.2, 0.25) is 10.0 Å². The predicted octanol–water partition coefficient (Wildman–Crippen LogP) is 5.07. The Bertz CT molecular complexity index is 900. The van der Waals surface area contributed by atoms with Crippen LogP contribution in [0.4, 0.5) is 0 Å². The molecule has 0 bridgehead atoms. The van der Waals surface area contributed by atoms with Crippen LogP contribution in [0.1, 0.15) is 25.0 Å². The number of ether oxygens (including phenoxy) is 2. The summed E-state index contributed by atoms with van der Waals surface area (Å²) in [4.78, 5) is 11.7. The van der Waals surface area contributed by atoms with Crippen LogP contribution < -0.4 is 14.2 Å².